The van der Waals surface area contributed by atoms with Gasteiger partial charge in [0.15, 0.2) is 0 Å². The Morgan fingerprint density at radius 2 is 2.25 bits per heavy atom. The molecular formula is C16H23ClN2O. The summed E-state index contributed by atoms with van der Waals surface area (Å²) in [4.78, 5) is 13.9. The highest BCUT2D eigenvalue weighted by Crippen LogP contribution is 2.19. The number of amides is 1. The van der Waals surface area contributed by atoms with Crippen LogP contribution in [0.25, 0.3) is 0 Å². The molecule has 1 heterocycles. The normalized spacial score (nSPS) is 18.8. The molecule has 1 N–H and O–H groups in total. The zero-order valence-corrected chi connectivity index (χ0v) is 12.8. The second kappa shape index (κ2) is 7.65. The smallest absolute Gasteiger partial charge is 0.222 e. The van der Waals surface area contributed by atoms with Gasteiger partial charge < -0.3 is 10.2 Å². The minimum atomic E-state index is 0.204. The lowest BCUT2D eigenvalue weighted by Gasteiger charge is -2.24. The Balaban J connectivity index is 1.78. The van der Waals surface area contributed by atoms with Crippen LogP contribution in [0.4, 0.5) is 0 Å². The van der Waals surface area contributed by atoms with Gasteiger partial charge in [0.25, 0.3) is 0 Å². The molecule has 1 amide bonds. The van der Waals surface area contributed by atoms with Crippen LogP contribution in [0.1, 0.15) is 31.2 Å². The second-order valence-corrected chi connectivity index (χ2v) is 6.00. The molecule has 0 spiro atoms. The molecule has 0 radical (unpaired) electrons. The molecule has 1 aromatic carbocycles. The van der Waals surface area contributed by atoms with Crippen molar-refractivity contribution in [1.29, 1.82) is 0 Å². The van der Waals surface area contributed by atoms with E-state index in [1.165, 1.54) is 12.8 Å². The summed E-state index contributed by atoms with van der Waals surface area (Å²) in [5.41, 5.74) is 1.00. The fraction of sp³-hybridized carbons (Fsp3) is 0.562. The van der Waals surface area contributed by atoms with Gasteiger partial charge in [-0.3, -0.25) is 4.79 Å². The topological polar surface area (TPSA) is 32.3 Å². The van der Waals surface area contributed by atoms with Crippen molar-refractivity contribution < 1.29 is 4.79 Å². The zero-order valence-electron chi connectivity index (χ0n) is 12.1. The van der Waals surface area contributed by atoms with Crippen LogP contribution in [-0.4, -0.2) is 30.9 Å². The maximum Gasteiger partial charge on any atom is 0.222 e. The largest absolute Gasteiger partial charge is 0.341 e. The molecule has 1 unspecified atom stereocenters. The molecule has 1 saturated heterocycles. The number of piperidine rings is 1. The standard InChI is InChI=1S/C16H23ClN2O/c1-19(12-14-6-2-3-7-15(14)17)16(20)9-8-13-5-4-10-18-11-13/h2-3,6-7,13,18H,4-5,8-12H2,1H3. The van der Waals surface area contributed by atoms with Gasteiger partial charge in [-0.05, 0) is 49.9 Å². The average molecular weight is 295 g/mol. The zero-order chi connectivity index (χ0) is 14.4. The van der Waals surface area contributed by atoms with E-state index < -0.39 is 0 Å². The summed E-state index contributed by atoms with van der Waals surface area (Å²) in [6.45, 7) is 2.76. The number of rotatable bonds is 5. The van der Waals surface area contributed by atoms with Crippen molar-refractivity contribution in [3.05, 3.63) is 34.9 Å². The molecule has 0 bridgehead atoms. The van der Waals surface area contributed by atoms with Crippen LogP contribution in [0.5, 0.6) is 0 Å². The van der Waals surface area contributed by atoms with Gasteiger partial charge in [-0.15, -0.1) is 0 Å². The molecule has 3 nitrogen and oxygen atoms in total. The van der Waals surface area contributed by atoms with Crippen molar-refractivity contribution in [2.45, 2.75) is 32.2 Å². The molecule has 0 aromatic heterocycles. The Morgan fingerprint density at radius 1 is 1.45 bits per heavy atom. The molecule has 1 aliphatic rings. The van der Waals surface area contributed by atoms with Crippen LogP contribution in [0, 0.1) is 5.92 Å². The lowest BCUT2D eigenvalue weighted by molar-refractivity contribution is -0.130. The molecule has 1 aromatic rings. The van der Waals surface area contributed by atoms with E-state index in [1.807, 2.05) is 31.3 Å². The van der Waals surface area contributed by atoms with E-state index in [9.17, 15) is 4.79 Å². The van der Waals surface area contributed by atoms with E-state index >= 15 is 0 Å². The molecule has 4 heteroatoms. The third-order valence-corrected chi connectivity index (χ3v) is 4.33. The predicted octanol–water partition coefficient (Wildman–Crippen LogP) is 3.08. The quantitative estimate of drug-likeness (QED) is 0.905. The number of carbonyl (C=O) groups excluding carboxylic acids is 1. The van der Waals surface area contributed by atoms with E-state index in [2.05, 4.69) is 5.32 Å². The molecule has 0 saturated carbocycles. The van der Waals surface area contributed by atoms with Crippen LogP contribution in [0.2, 0.25) is 5.02 Å². The summed E-state index contributed by atoms with van der Waals surface area (Å²) >= 11 is 6.13. The Morgan fingerprint density at radius 3 is 2.95 bits per heavy atom. The van der Waals surface area contributed by atoms with Gasteiger partial charge in [-0.25, -0.2) is 0 Å². The average Bonchev–Trinajstić information content (AvgIpc) is 2.48. The van der Waals surface area contributed by atoms with Gasteiger partial charge >= 0.3 is 0 Å². The first-order valence-corrected chi connectivity index (χ1v) is 7.72. The monoisotopic (exact) mass is 294 g/mol. The number of nitrogens with one attached hydrogen (secondary N) is 1. The van der Waals surface area contributed by atoms with Crippen molar-refractivity contribution >= 4 is 17.5 Å². The number of benzene rings is 1. The van der Waals surface area contributed by atoms with Gasteiger partial charge in [0.1, 0.15) is 0 Å². The first-order valence-electron chi connectivity index (χ1n) is 7.35. The van der Waals surface area contributed by atoms with Crippen molar-refractivity contribution in [2.75, 3.05) is 20.1 Å². The van der Waals surface area contributed by atoms with Gasteiger partial charge in [-0.2, -0.15) is 0 Å². The van der Waals surface area contributed by atoms with Crippen LogP contribution >= 0.6 is 11.6 Å². The number of hydrogen-bond donors (Lipinski definition) is 1. The highest BCUT2D eigenvalue weighted by Gasteiger charge is 2.16. The third-order valence-electron chi connectivity index (χ3n) is 3.96. The Kier molecular flexibility index (Phi) is 5.86. The van der Waals surface area contributed by atoms with Gasteiger partial charge in [-0.1, -0.05) is 29.8 Å². The van der Waals surface area contributed by atoms with E-state index in [-0.39, 0.29) is 5.91 Å². The number of nitrogens with zero attached hydrogens (tertiary/aromatic N) is 1. The maximum atomic E-state index is 12.2. The summed E-state index contributed by atoms with van der Waals surface area (Å²) < 4.78 is 0. The molecule has 20 heavy (non-hydrogen) atoms. The molecule has 1 atom stereocenters. The van der Waals surface area contributed by atoms with E-state index in [1.54, 1.807) is 4.90 Å². The summed E-state index contributed by atoms with van der Waals surface area (Å²) in [6.07, 6.45) is 4.09. The molecule has 1 fully saturated rings. The molecular weight excluding hydrogens is 272 g/mol. The van der Waals surface area contributed by atoms with Crippen molar-refractivity contribution in [3.8, 4) is 0 Å². The van der Waals surface area contributed by atoms with Crippen LogP contribution in [-0.2, 0) is 11.3 Å². The number of carbonyl (C=O) groups is 1. The summed E-state index contributed by atoms with van der Waals surface area (Å²) in [5.74, 6) is 0.858. The second-order valence-electron chi connectivity index (χ2n) is 5.59. The third kappa shape index (κ3) is 4.50. The number of hydrogen-bond acceptors (Lipinski definition) is 2. The minimum Gasteiger partial charge on any atom is -0.341 e. The Labute approximate surface area is 126 Å². The summed E-state index contributed by atoms with van der Waals surface area (Å²) in [6, 6.07) is 7.69. The number of halogens is 1. The van der Waals surface area contributed by atoms with Gasteiger partial charge in [0.2, 0.25) is 5.91 Å². The highest BCUT2D eigenvalue weighted by molar-refractivity contribution is 6.31. The molecule has 1 aliphatic heterocycles. The van der Waals surface area contributed by atoms with E-state index in [0.717, 1.165) is 30.1 Å². The maximum absolute atomic E-state index is 12.2. The van der Waals surface area contributed by atoms with Crippen LogP contribution in [0.15, 0.2) is 24.3 Å². The van der Waals surface area contributed by atoms with Crippen molar-refractivity contribution in [2.24, 2.45) is 5.92 Å². The first kappa shape index (κ1) is 15.3. The fourth-order valence-electron chi connectivity index (χ4n) is 2.66. The molecule has 0 aliphatic carbocycles. The lowest BCUT2D eigenvalue weighted by atomic mass is 9.94. The minimum absolute atomic E-state index is 0.204. The summed E-state index contributed by atoms with van der Waals surface area (Å²) in [5, 5.41) is 4.12. The first-order chi connectivity index (χ1) is 9.66. The highest BCUT2D eigenvalue weighted by atomic mass is 35.5. The predicted molar refractivity (Wildman–Crippen MR) is 82.8 cm³/mol. The van der Waals surface area contributed by atoms with Gasteiger partial charge in [0, 0.05) is 25.0 Å². The Hall–Kier alpha value is -1.06. The summed E-state index contributed by atoms with van der Waals surface area (Å²) in [7, 11) is 1.85. The Bertz CT molecular complexity index is 444. The lowest BCUT2D eigenvalue weighted by Crippen LogP contribution is -2.31. The van der Waals surface area contributed by atoms with E-state index in [4.69, 9.17) is 11.6 Å². The van der Waals surface area contributed by atoms with Crippen LogP contribution < -0.4 is 5.32 Å². The van der Waals surface area contributed by atoms with Crippen molar-refractivity contribution in [1.82, 2.24) is 10.2 Å². The van der Waals surface area contributed by atoms with Crippen LogP contribution in [0.3, 0.4) is 0 Å². The molecule has 2 rings (SSSR count). The SMILES string of the molecule is CN(Cc1ccccc1Cl)C(=O)CCC1CCCNC1. The van der Waals surface area contributed by atoms with Gasteiger partial charge in [0.05, 0.1) is 0 Å². The molecule has 110 valence electrons. The van der Waals surface area contributed by atoms with Crippen molar-refractivity contribution in [3.63, 3.8) is 0 Å². The van der Waals surface area contributed by atoms with E-state index in [0.29, 0.717) is 18.9 Å². The fourth-order valence-corrected chi connectivity index (χ4v) is 2.85.